The number of benzene rings is 1. The molecule has 18 heavy (non-hydrogen) atoms. The Labute approximate surface area is 106 Å². The molecule has 0 radical (unpaired) electrons. The van der Waals surface area contributed by atoms with Gasteiger partial charge in [0.25, 0.3) is 0 Å². The van der Waals surface area contributed by atoms with Gasteiger partial charge in [-0.25, -0.2) is 0 Å². The van der Waals surface area contributed by atoms with E-state index < -0.39 is 5.91 Å². The first-order chi connectivity index (χ1) is 8.54. The number of hydrogen-bond donors (Lipinski definition) is 4. The molecule has 6 N–H and O–H groups in total. The van der Waals surface area contributed by atoms with Gasteiger partial charge in [0.1, 0.15) is 0 Å². The smallest absolute Gasteiger partial charge is 0.248 e. The minimum Gasteiger partial charge on any atom is -0.397 e. The van der Waals surface area contributed by atoms with Gasteiger partial charge in [-0.3, -0.25) is 9.59 Å². The molecule has 0 aliphatic rings. The van der Waals surface area contributed by atoms with Gasteiger partial charge in [-0.15, -0.1) is 0 Å². The topological polar surface area (TPSA) is 110 Å². The fourth-order valence-corrected chi connectivity index (χ4v) is 1.38. The summed E-state index contributed by atoms with van der Waals surface area (Å²) in [5, 5.41) is 5.63. The highest BCUT2D eigenvalue weighted by Gasteiger charge is 2.06. The Hall–Kier alpha value is -2.24. The number of amides is 2. The van der Waals surface area contributed by atoms with Gasteiger partial charge in [0.2, 0.25) is 11.8 Å². The van der Waals surface area contributed by atoms with Crippen LogP contribution in [0.3, 0.4) is 0 Å². The third-order valence-electron chi connectivity index (χ3n) is 2.35. The summed E-state index contributed by atoms with van der Waals surface area (Å²) in [6.07, 6.45) is 0.890. The van der Waals surface area contributed by atoms with E-state index in [4.69, 9.17) is 11.5 Å². The Morgan fingerprint density at radius 1 is 1.33 bits per heavy atom. The summed E-state index contributed by atoms with van der Waals surface area (Å²) in [5.41, 5.74) is 12.2. The lowest BCUT2D eigenvalue weighted by Gasteiger charge is -2.10. The quantitative estimate of drug-likeness (QED) is 0.544. The molecule has 0 aliphatic carbocycles. The summed E-state index contributed by atoms with van der Waals surface area (Å²) in [6.45, 7) is 2.77. The fraction of sp³-hybridized carbons (Fsp3) is 0.333. The molecule has 0 aromatic heterocycles. The number of nitrogen functional groups attached to an aromatic ring is 1. The second kappa shape index (κ2) is 6.48. The van der Waals surface area contributed by atoms with Gasteiger partial charge in [0, 0.05) is 12.1 Å². The molecule has 0 aliphatic heterocycles. The average molecular weight is 250 g/mol. The number of primary amides is 1. The number of carbonyl (C=O) groups excluding carboxylic acids is 2. The Morgan fingerprint density at radius 2 is 2.06 bits per heavy atom. The van der Waals surface area contributed by atoms with Crippen LogP contribution >= 0.6 is 0 Å². The van der Waals surface area contributed by atoms with Crippen LogP contribution in [-0.4, -0.2) is 24.9 Å². The largest absolute Gasteiger partial charge is 0.397 e. The fourth-order valence-electron chi connectivity index (χ4n) is 1.38. The maximum atomic E-state index is 11.4. The summed E-state index contributed by atoms with van der Waals surface area (Å²) < 4.78 is 0. The summed E-state index contributed by atoms with van der Waals surface area (Å²) in [6, 6.07) is 4.67. The van der Waals surface area contributed by atoms with Crippen LogP contribution in [0, 0.1) is 0 Å². The van der Waals surface area contributed by atoms with Crippen molar-refractivity contribution in [3.63, 3.8) is 0 Å². The number of rotatable bonds is 6. The van der Waals surface area contributed by atoms with Gasteiger partial charge in [-0.1, -0.05) is 6.92 Å². The molecular weight excluding hydrogens is 232 g/mol. The highest BCUT2D eigenvalue weighted by molar-refractivity contribution is 5.95. The monoisotopic (exact) mass is 250 g/mol. The molecular formula is C12H18N4O2. The van der Waals surface area contributed by atoms with Crippen molar-refractivity contribution in [2.45, 2.75) is 13.3 Å². The SMILES string of the molecule is CCCNC(=O)CNc1ccc(C(N)=O)cc1N. The van der Waals surface area contributed by atoms with Crippen molar-refractivity contribution >= 4 is 23.2 Å². The molecule has 1 aromatic rings. The highest BCUT2D eigenvalue weighted by atomic mass is 16.2. The van der Waals surface area contributed by atoms with E-state index in [1.165, 1.54) is 6.07 Å². The van der Waals surface area contributed by atoms with E-state index in [0.717, 1.165) is 6.42 Å². The van der Waals surface area contributed by atoms with Crippen molar-refractivity contribution in [1.82, 2.24) is 5.32 Å². The highest BCUT2D eigenvalue weighted by Crippen LogP contribution is 2.19. The van der Waals surface area contributed by atoms with Crippen LogP contribution in [0.1, 0.15) is 23.7 Å². The molecule has 0 heterocycles. The van der Waals surface area contributed by atoms with Crippen LogP contribution in [0.5, 0.6) is 0 Å². The van der Waals surface area contributed by atoms with E-state index in [9.17, 15) is 9.59 Å². The molecule has 0 bridgehead atoms. The lowest BCUT2D eigenvalue weighted by Crippen LogP contribution is -2.30. The number of nitrogens with one attached hydrogen (secondary N) is 2. The normalized spacial score (nSPS) is 9.83. The molecule has 0 unspecified atom stereocenters. The molecule has 0 atom stereocenters. The molecule has 0 saturated heterocycles. The third-order valence-corrected chi connectivity index (χ3v) is 2.35. The predicted molar refractivity (Wildman–Crippen MR) is 71.2 cm³/mol. The number of carbonyl (C=O) groups is 2. The maximum absolute atomic E-state index is 11.4. The van der Waals surface area contributed by atoms with Crippen molar-refractivity contribution in [1.29, 1.82) is 0 Å². The first kappa shape index (κ1) is 13.8. The van der Waals surface area contributed by atoms with E-state index in [2.05, 4.69) is 10.6 Å². The second-order valence-electron chi connectivity index (χ2n) is 3.87. The molecule has 0 fully saturated rings. The van der Waals surface area contributed by atoms with E-state index >= 15 is 0 Å². The Balaban J connectivity index is 2.58. The van der Waals surface area contributed by atoms with Gasteiger partial charge in [0.05, 0.1) is 17.9 Å². The van der Waals surface area contributed by atoms with Crippen molar-refractivity contribution in [2.24, 2.45) is 5.73 Å². The van der Waals surface area contributed by atoms with Crippen LogP contribution in [0.2, 0.25) is 0 Å². The zero-order chi connectivity index (χ0) is 13.5. The summed E-state index contributed by atoms with van der Waals surface area (Å²) in [5.74, 6) is -0.635. The minimum absolute atomic E-state index is 0.102. The first-order valence-corrected chi connectivity index (χ1v) is 5.74. The Kier molecular flexibility index (Phi) is 4.98. The number of nitrogens with two attached hydrogens (primary N) is 2. The van der Waals surface area contributed by atoms with Crippen molar-refractivity contribution < 1.29 is 9.59 Å². The maximum Gasteiger partial charge on any atom is 0.248 e. The number of hydrogen-bond acceptors (Lipinski definition) is 4. The second-order valence-corrected chi connectivity index (χ2v) is 3.87. The standard InChI is InChI=1S/C12H18N4O2/c1-2-5-15-11(17)7-16-10-4-3-8(12(14)18)6-9(10)13/h3-4,6,16H,2,5,7,13H2,1H3,(H2,14,18)(H,15,17). The van der Waals surface area contributed by atoms with Gasteiger partial charge in [-0.05, 0) is 24.6 Å². The van der Waals surface area contributed by atoms with Gasteiger partial charge >= 0.3 is 0 Å². The summed E-state index contributed by atoms with van der Waals surface area (Å²) >= 11 is 0. The molecule has 2 amide bonds. The molecule has 6 heteroatoms. The zero-order valence-corrected chi connectivity index (χ0v) is 10.3. The van der Waals surface area contributed by atoms with E-state index in [1.807, 2.05) is 6.92 Å². The summed E-state index contributed by atoms with van der Waals surface area (Å²) in [4.78, 5) is 22.3. The Bertz CT molecular complexity index is 446. The number of anilines is 2. The molecule has 98 valence electrons. The minimum atomic E-state index is -0.533. The lowest BCUT2D eigenvalue weighted by atomic mass is 10.1. The third kappa shape index (κ3) is 3.97. The average Bonchev–Trinajstić information content (AvgIpc) is 2.34. The molecule has 1 rings (SSSR count). The Morgan fingerprint density at radius 3 is 2.61 bits per heavy atom. The molecule has 1 aromatic carbocycles. The molecule has 0 saturated carbocycles. The van der Waals surface area contributed by atoms with Gasteiger partial charge in [-0.2, -0.15) is 0 Å². The lowest BCUT2D eigenvalue weighted by molar-refractivity contribution is -0.119. The van der Waals surface area contributed by atoms with Crippen molar-refractivity contribution in [3.05, 3.63) is 23.8 Å². The molecule has 0 spiro atoms. The van der Waals surface area contributed by atoms with Crippen LogP contribution in [0.4, 0.5) is 11.4 Å². The van der Waals surface area contributed by atoms with Crippen LogP contribution in [-0.2, 0) is 4.79 Å². The zero-order valence-electron chi connectivity index (χ0n) is 10.3. The summed E-state index contributed by atoms with van der Waals surface area (Å²) in [7, 11) is 0. The van der Waals surface area contributed by atoms with Crippen LogP contribution in [0.25, 0.3) is 0 Å². The van der Waals surface area contributed by atoms with Crippen molar-refractivity contribution in [3.8, 4) is 0 Å². The van der Waals surface area contributed by atoms with E-state index in [0.29, 0.717) is 23.5 Å². The van der Waals surface area contributed by atoms with Crippen LogP contribution in [0.15, 0.2) is 18.2 Å². The van der Waals surface area contributed by atoms with Gasteiger partial charge in [0.15, 0.2) is 0 Å². The van der Waals surface area contributed by atoms with Crippen LogP contribution < -0.4 is 22.1 Å². The van der Waals surface area contributed by atoms with E-state index in [-0.39, 0.29) is 12.5 Å². The molecule has 6 nitrogen and oxygen atoms in total. The first-order valence-electron chi connectivity index (χ1n) is 5.74. The van der Waals surface area contributed by atoms with E-state index in [1.54, 1.807) is 12.1 Å². The van der Waals surface area contributed by atoms with Gasteiger partial charge < -0.3 is 22.1 Å². The van der Waals surface area contributed by atoms with Crippen molar-refractivity contribution in [2.75, 3.05) is 24.1 Å². The predicted octanol–water partition coefficient (Wildman–Crippen LogP) is 0.306.